The summed E-state index contributed by atoms with van der Waals surface area (Å²) in [5.74, 6) is -1.37. The topological polar surface area (TPSA) is 82.5 Å². The molecule has 106 valence electrons. The average molecular weight is 275 g/mol. The number of aromatic nitrogens is 1. The molecule has 0 bridgehead atoms. The summed E-state index contributed by atoms with van der Waals surface area (Å²) in [7, 11) is 1.68. The van der Waals surface area contributed by atoms with Gasteiger partial charge in [-0.05, 0) is 18.6 Å². The first-order chi connectivity index (χ1) is 9.56. The summed E-state index contributed by atoms with van der Waals surface area (Å²) in [5, 5.41) is 11.7. The Morgan fingerprint density at radius 2 is 2.25 bits per heavy atom. The molecule has 2 N–H and O–H groups in total. The second kappa shape index (κ2) is 6.18. The first kappa shape index (κ1) is 14.0. The SMILES string of the molecule is CN(Cc1ccccn1)C(=O)NC1C=CC(C(=O)O)C1. The number of carbonyl (C=O) groups excluding carboxylic acids is 1. The highest BCUT2D eigenvalue weighted by Crippen LogP contribution is 2.18. The molecule has 0 saturated carbocycles. The van der Waals surface area contributed by atoms with Gasteiger partial charge in [-0.15, -0.1) is 0 Å². The van der Waals surface area contributed by atoms with E-state index >= 15 is 0 Å². The smallest absolute Gasteiger partial charge is 0.317 e. The van der Waals surface area contributed by atoms with Crippen LogP contribution < -0.4 is 5.32 Å². The second-order valence-corrected chi connectivity index (χ2v) is 4.80. The van der Waals surface area contributed by atoms with Crippen molar-refractivity contribution in [1.29, 1.82) is 0 Å². The van der Waals surface area contributed by atoms with Crippen LogP contribution in [0.5, 0.6) is 0 Å². The summed E-state index contributed by atoms with van der Waals surface area (Å²) in [6.07, 6.45) is 5.42. The first-order valence-electron chi connectivity index (χ1n) is 6.39. The number of carboxylic acid groups (broad SMARTS) is 1. The molecule has 1 aliphatic rings. The molecular formula is C14H17N3O3. The highest BCUT2D eigenvalue weighted by molar-refractivity contribution is 5.76. The molecule has 0 radical (unpaired) electrons. The number of hydrogen-bond acceptors (Lipinski definition) is 3. The van der Waals surface area contributed by atoms with E-state index in [0.717, 1.165) is 5.69 Å². The van der Waals surface area contributed by atoms with Crippen LogP contribution in [0.1, 0.15) is 12.1 Å². The number of nitrogens with zero attached hydrogens (tertiary/aromatic N) is 2. The van der Waals surface area contributed by atoms with Gasteiger partial charge in [0, 0.05) is 13.2 Å². The van der Waals surface area contributed by atoms with E-state index < -0.39 is 11.9 Å². The maximum absolute atomic E-state index is 12.0. The third-order valence-electron chi connectivity index (χ3n) is 3.18. The standard InChI is InChI=1S/C14H17N3O3/c1-17(9-12-4-2-3-7-15-12)14(20)16-11-6-5-10(8-11)13(18)19/h2-7,10-11H,8-9H2,1H3,(H,16,20)(H,18,19). The predicted molar refractivity (Wildman–Crippen MR) is 72.9 cm³/mol. The quantitative estimate of drug-likeness (QED) is 0.810. The molecule has 0 fully saturated rings. The molecule has 2 amide bonds. The molecule has 6 nitrogen and oxygen atoms in total. The fourth-order valence-electron chi connectivity index (χ4n) is 2.06. The Hall–Kier alpha value is -2.37. The Bertz CT molecular complexity index is 516. The molecule has 1 aromatic heterocycles. The van der Waals surface area contributed by atoms with Crippen LogP contribution in [0.3, 0.4) is 0 Å². The highest BCUT2D eigenvalue weighted by Gasteiger charge is 2.26. The van der Waals surface area contributed by atoms with Crippen LogP contribution in [0.2, 0.25) is 0 Å². The number of amides is 2. The maximum atomic E-state index is 12.0. The van der Waals surface area contributed by atoms with Crippen molar-refractivity contribution in [1.82, 2.24) is 15.2 Å². The van der Waals surface area contributed by atoms with Crippen molar-refractivity contribution >= 4 is 12.0 Å². The third-order valence-corrected chi connectivity index (χ3v) is 3.18. The van der Waals surface area contributed by atoms with E-state index in [2.05, 4.69) is 10.3 Å². The summed E-state index contributed by atoms with van der Waals surface area (Å²) in [6.45, 7) is 0.408. The summed E-state index contributed by atoms with van der Waals surface area (Å²) in [5.41, 5.74) is 0.801. The van der Waals surface area contributed by atoms with Crippen molar-refractivity contribution in [3.05, 3.63) is 42.2 Å². The number of rotatable bonds is 4. The number of urea groups is 1. The van der Waals surface area contributed by atoms with E-state index in [9.17, 15) is 9.59 Å². The van der Waals surface area contributed by atoms with Crippen LogP contribution in [0.25, 0.3) is 0 Å². The van der Waals surface area contributed by atoms with Crippen molar-refractivity contribution in [3.8, 4) is 0 Å². The molecule has 2 unspecified atom stereocenters. The van der Waals surface area contributed by atoms with Gasteiger partial charge in [-0.2, -0.15) is 0 Å². The van der Waals surface area contributed by atoms with Gasteiger partial charge in [-0.3, -0.25) is 9.78 Å². The molecule has 1 heterocycles. The summed E-state index contributed by atoms with van der Waals surface area (Å²) in [6, 6.07) is 5.07. The molecule has 0 aliphatic heterocycles. The van der Waals surface area contributed by atoms with Crippen molar-refractivity contribution in [2.24, 2.45) is 5.92 Å². The normalized spacial score (nSPS) is 20.6. The summed E-state index contributed by atoms with van der Waals surface area (Å²) in [4.78, 5) is 28.5. The largest absolute Gasteiger partial charge is 0.481 e. The molecule has 0 aromatic carbocycles. The van der Waals surface area contributed by atoms with Gasteiger partial charge in [0.05, 0.1) is 24.2 Å². The van der Waals surface area contributed by atoms with Crippen LogP contribution >= 0.6 is 0 Å². The summed E-state index contributed by atoms with van der Waals surface area (Å²) < 4.78 is 0. The molecule has 20 heavy (non-hydrogen) atoms. The highest BCUT2D eigenvalue weighted by atomic mass is 16.4. The molecular weight excluding hydrogens is 258 g/mol. The van der Waals surface area contributed by atoms with Crippen LogP contribution in [0.15, 0.2) is 36.5 Å². The van der Waals surface area contributed by atoms with Crippen molar-refractivity contribution in [2.45, 2.75) is 19.0 Å². The lowest BCUT2D eigenvalue weighted by Gasteiger charge is -2.20. The minimum absolute atomic E-state index is 0.227. The molecule has 2 rings (SSSR count). The second-order valence-electron chi connectivity index (χ2n) is 4.80. The molecule has 1 aromatic rings. The zero-order valence-corrected chi connectivity index (χ0v) is 11.2. The van der Waals surface area contributed by atoms with E-state index in [0.29, 0.717) is 13.0 Å². The predicted octanol–water partition coefficient (Wildman–Crippen LogP) is 1.25. The molecule has 1 aliphatic carbocycles. The van der Waals surface area contributed by atoms with Gasteiger partial charge in [0.2, 0.25) is 0 Å². The zero-order chi connectivity index (χ0) is 14.5. The molecule has 6 heteroatoms. The number of pyridine rings is 1. The molecule has 0 saturated heterocycles. The van der Waals surface area contributed by atoms with Crippen molar-refractivity contribution in [3.63, 3.8) is 0 Å². The lowest BCUT2D eigenvalue weighted by molar-refractivity contribution is -0.140. The van der Waals surface area contributed by atoms with E-state index in [1.165, 1.54) is 4.90 Å². The van der Waals surface area contributed by atoms with Gasteiger partial charge in [-0.25, -0.2) is 4.79 Å². The Morgan fingerprint density at radius 3 is 2.85 bits per heavy atom. The number of hydrogen-bond donors (Lipinski definition) is 2. The zero-order valence-electron chi connectivity index (χ0n) is 11.2. The monoisotopic (exact) mass is 275 g/mol. The number of carbonyl (C=O) groups is 2. The van der Waals surface area contributed by atoms with Gasteiger partial charge in [0.25, 0.3) is 0 Å². The van der Waals surface area contributed by atoms with Gasteiger partial charge < -0.3 is 15.3 Å². The third kappa shape index (κ3) is 3.57. The Kier molecular flexibility index (Phi) is 4.34. The molecule has 0 spiro atoms. The van der Waals surface area contributed by atoms with Gasteiger partial charge in [0.1, 0.15) is 0 Å². The van der Waals surface area contributed by atoms with Crippen molar-refractivity contribution in [2.75, 3.05) is 7.05 Å². The van der Waals surface area contributed by atoms with Crippen LogP contribution in [-0.2, 0) is 11.3 Å². The minimum Gasteiger partial charge on any atom is -0.481 e. The van der Waals surface area contributed by atoms with Crippen LogP contribution in [0, 0.1) is 5.92 Å². The van der Waals surface area contributed by atoms with Gasteiger partial charge in [0.15, 0.2) is 0 Å². The van der Waals surface area contributed by atoms with Crippen molar-refractivity contribution < 1.29 is 14.7 Å². The van der Waals surface area contributed by atoms with E-state index in [4.69, 9.17) is 5.11 Å². The fraction of sp³-hybridized carbons (Fsp3) is 0.357. The molecule has 2 atom stereocenters. The van der Waals surface area contributed by atoms with Gasteiger partial charge >= 0.3 is 12.0 Å². The Balaban J connectivity index is 1.83. The van der Waals surface area contributed by atoms with Crippen LogP contribution in [0.4, 0.5) is 4.79 Å². The van der Waals surface area contributed by atoms with Crippen LogP contribution in [-0.4, -0.2) is 40.1 Å². The van der Waals surface area contributed by atoms with E-state index in [1.54, 1.807) is 25.4 Å². The lowest BCUT2D eigenvalue weighted by Crippen LogP contribution is -2.41. The summed E-state index contributed by atoms with van der Waals surface area (Å²) >= 11 is 0. The average Bonchev–Trinajstić information content (AvgIpc) is 2.88. The van der Waals surface area contributed by atoms with Gasteiger partial charge in [-0.1, -0.05) is 18.2 Å². The lowest BCUT2D eigenvalue weighted by atomic mass is 10.1. The van der Waals surface area contributed by atoms with E-state index in [-0.39, 0.29) is 12.1 Å². The minimum atomic E-state index is -0.861. The number of aliphatic carboxylic acids is 1. The fourth-order valence-corrected chi connectivity index (χ4v) is 2.06. The number of carboxylic acids is 1. The first-order valence-corrected chi connectivity index (χ1v) is 6.39. The van der Waals surface area contributed by atoms with E-state index in [1.807, 2.05) is 18.2 Å². The Labute approximate surface area is 117 Å². The maximum Gasteiger partial charge on any atom is 0.317 e. The number of nitrogens with one attached hydrogen (secondary N) is 1. The Morgan fingerprint density at radius 1 is 1.45 bits per heavy atom.